The van der Waals surface area contributed by atoms with E-state index in [1.807, 2.05) is 17.8 Å². The van der Waals surface area contributed by atoms with E-state index in [1.54, 1.807) is 0 Å². The number of fused-ring (bicyclic) bond motifs is 1. The second-order valence-electron chi connectivity index (χ2n) is 3.68. The SMILES string of the molecule is CCC1CSc2cc(C)cc(Cl)c2N1. The van der Waals surface area contributed by atoms with Gasteiger partial charge in [0.05, 0.1) is 10.7 Å². The molecule has 0 aromatic heterocycles. The first-order valence-corrected chi connectivity index (χ1v) is 6.26. The molecule has 0 fully saturated rings. The van der Waals surface area contributed by atoms with Gasteiger partial charge in [0.25, 0.3) is 0 Å². The van der Waals surface area contributed by atoms with Gasteiger partial charge in [-0.2, -0.15) is 0 Å². The maximum atomic E-state index is 6.19. The highest BCUT2D eigenvalue weighted by Crippen LogP contribution is 2.39. The maximum Gasteiger partial charge on any atom is 0.0670 e. The number of hydrogen-bond donors (Lipinski definition) is 1. The molecule has 76 valence electrons. The van der Waals surface area contributed by atoms with Gasteiger partial charge in [0, 0.05) is 16.7 Å². The van der Waals surface area contributed by atoms with Gasteiger partial charge in [-0.05, 0) is 31.0 Å². The van der Waals surface area contributed by atoms with E-state index in [0.717, 1.165) is 22.9 Å². The zero-order valence-corrected chi connectivity index (χ0v) is 10.0. The molecule has 1 aliphatic heterocycles. The Morgan fingerprint density at radius 1 is 1.57 bits per heavy atom. The summed E-state index contributed by atoms with van der Waals surface area (Å²) in [6.07, 6.45) is 1.15. The smallest absolute Gasteiger partial charge is 0.0670 e. The fraction of sp³-hybridized carbons (Fsp3) is 0.455. The molecule has 2 rings (SSSR count). The lowest BCUT2D eigenvalue weighted by Gasteiger charge is -2.26. The Balaban J connectivity index is 2.37. The van der Waals surface area contributed by atoms with Crippen molar-refractivity contribution in [2.45, 2.75) is 31.2 Å². The first kappa shape index (κ1) is 10.2. The number of halogens is 1. The Bertz CT molecular complexity index is 351. The van der Waals surface area contributed by atoms with Gasteiger partial charge >= 0.3 is 0 Å². The summed E-state index contributed by atoms with van der Waals surface area (Å²) in [5.74, 6) is 1.14. The van der Waals surface area contributed by atoms with E-state index in [-0.39, 0.29) is 0 Å². The average molecular weight is 228 g/mol. The van der Waals surface area contributed by atoms with Crippen LogP contribution in [0.3, 0.4) is 0 Å². The van der Waals surface area contributed by atoms with E-state index >= 15 is 0 Å². The number of benzene rings is 1. The minimum atomic E-state index is 0.563. The summed E-state index contributed by atoms with van der Waals surface area (Å²) in [5.41, 5.74) is 2.36. The van der Waals surface area contributed by atoms with Crippen LogP contribution in [0.4, 0.5) is 5.69 Å². The predicted molar refractivity (Wildman–Crippen MR) is 64.6 cm³/mol. The van der Waals surface area contributed by atoms with Gasteiger partial charge < -0.3 is 5.32 Å². The number of anilines is 1. The zero-order chi connectivity index (χ0) is 10.1. The molecule has 1 atom stereocenters. The summed E-state index contributed by atoms with van der Waals surface area (Å²) in [4.78, 5) is 1.29. The van der Waals surface area contributed by atoms with Gasteiger partial charge in [-0.3, -0.25) is 0 Å². The van der Waals surface area contributed by atoms with Crippen LogP contribution in [-0.4, -0.2) is 11.8 Å². The van der Waals surface area contributed by atoms with Crippen molar-refractivity contribution in [2.75, 3.05) is 11.1 Å². The van der Waals surface area contributed by atoms with Crippen molar-refractivity contribution < 1.29 is 0 Å². The van der Waals surface area contributed by atoms with Crippen LogP contribution in [0.1, 0.15) is 18.9 Å². The van der Waals surface area contributed by atoms with E-state index in [2.05, 4.69) is 25.2 Å². The van der Waals surface area contributed by atoms with Crippen LogP contribution in [0.25, 0.3) is 0 Å². The normalized spacial score (nSPS) is 20.1. The molecule has 1 aliphatic rings. The lowest BCUT2D eigenvalue weighted by Crippen LogP contribution is -2.25. The Morgan fingerprint density at radius 3 is 3.07 bits per heavy atom. The lowest BCUT2D eigenvalue weighted by atomic mass is 10.2. The van der Waals surface area contributed by atoms with Gasteiger partial charge in [0.15, 0.2) is 0 Å². The topological polar surface area (TPSA) is 12.0 Å². The van der Waals surface area contributed by atoms with Crippen LogP contribution in [0.2, 0.25) is 5.02 Å². The second-order valence-corrected chi connectivity index (χ2v) is 5.15. The highest BCUT2D eigenvalue weighted by molar-refractivity contribution is 7.99. The molecule has 0 radical (unpaired) electrons. The molecule has 1 N–H and O–H groups in total. The fourth-order valence-corrected chi connectivity index (χ4v) is 3.29. The summed E-state index contributed by atoms with van der Waals surface area (Å²) in [7, 11) is 0. The van der Waals surface area contributed by atoms with Gasteiger partial charge in [0.2, 0.25) is 0 Å². The highest BCUT2D eigenvalue weighted by Gasteiger charge is 2.19. The quantitative estimate of drug-likeness (QED) is 0.780. The minimum absolute atomic E-state index is 0.563. The molecule has 1 nitrogen and oxygen atoms in total. The van der Waals surface area contributed by atoms with Gasteiger partial charge in [0.1, 0.15) is 0 Å². The predicted octanol–water partition coefficient (Wildman–Crippen LogP) is 3.94. The molecule has 1 unspecified atom stereocenters. The summed E-state index contributed by atoms with van der Waals surface area (Å²) in [5, 5.41) is 4.34. The first-order chi connectivity index (χ1) is 6.70. The largest absolute Gasteiger partial charge is 0.379 e. The van der Waals surface area contributed by atoms with Crippen LogP contribution in [0.5, 0.6) is 0 Å². The molecule has 0 saturated heterocycles. The molecule has 1 aromatic rings. The Hall–Kier alpha value is -0.340. The Labute approximate surface area is 94.2 Å². The van der Waals surface area contributed by atoms with Crippen molar-refractivity contribution in [3.63, 3.8) is 0 Å². The van der Waals surface area contributed by atoms with Crippen LogP contribution in [0, 0.1) is 6.92 Å². The van der Waals surface area contributed by atoms with Crippen LogP contribution >= 0.6 is 23.4 Å². The van der Waals surface area contributed by atoms with E-state index in [4.69, 9.17) is 11.6 Å². The third kappa shape index (κ3) is 1.86. The third-order valence-corrected chi connectivity index (χ3v) is 3.98. The number of thioether (sulfide) groups is 1. The molecule has 0 saturated carbocycles. The van der Waals surface area contributed by atoms with Crippen LogP contribution in [0.15, 0.2) is 17.0 Å². The molecule has 1 aromatic carbocycles. The van der Waals surface area contributed by atoms with Gasteiger partial charge in [-0.15, -0.1) is 11.8 Å². The zero-order valence-electron chi connectivity index (χ0n) is 8.43. The fourth-order valence-electron chi connectivity index (χ4n) is 1.62. The van der Waals surface area contributed by atoms with E-state index in [0.29, 0.717) is 6.04 Å². The van der Waals surface area contributed by atoms with Crippen molar-refractivity contribution in [3.8, 4) is 0 Å². The number of hydrogen-bond acceptors (Lipinski definition) is 2. The molecular formula is C11H14ClNS. The van der Waals surface area contributed by atoms with Crippen molar-refractivity contribution in [2.24, 2.45) is 0 Å². The first-order valence-electron chi connectivity index (χ1n) is 4.90. The van der Waals surface area contributed by atoms with Crippen LogP contribution < -0.4 is 5.32 Å². The summed E-state index contributed by atoms with van der Waals surface area (Å²) >= 11 is 8.10. The average Bonchev–Trinajstić information content (AvgIpc) is 2.17. The number of nitrogens with one attached hydrogen (secondary N) is 1. The van der Waals surface area contributed by atoms with Crippen molar-refractivity contribution in [1.29, 1.82) is 0 Å². The molecule has 3 heteroatoms. The monoisotopic (exact) mass is 227 g/mol. The molecule has 1 heterocycles. The lowest BCUT2D eigenvalue weighted by molar-refractivity contribution is 0.764. The summed E-state index contributed by atoms with van der Waals surface area (Å²) in [6, 6.07) is 4.78. The Morgan fingerprint density at radius 2 is 2.36 bits per heavy atom. The number of rotatable bonds is 1. The Kier molecular flexibility index (Phi) is 2.93. The third-order valence-electron chi connectivity index (χ3n) is 2.48. The van der Waals surface area contributed by atoms with E-state index in [1.165, 1.54) is 10.5 Å². The van der Waals surface area contributed by atoms with Crippen LogP contribution in [-0.2, 0) is 0 Å². The molecule has 0 amide bonds. The second kappa shape index (κ2) is 4.03. The van der Waals surface area contributed by atoms with Gasteiger partial charge in [-0.1, -0.05) is 18.5 Å². The highest BCUT2D eigenvalue weighted by atomic mass is 35.5. The molecule has 14 heavy (non-hydrogen) atoms. The van der Waals surface area contributed by atoms with Crippen molar-refractivity contribution in [1.82, 2.24) is 0 Å². The van der Waals surface area contributed by atoms with E-state index in [9.17, 15) is 0 Å². The minimum Gasteiger partial charge on any atom is -0.379 e. The van der Waals surface area contributed by atoms with Crippen molar-refractivity contribution >= 4 is 29.1 Å². The van der Waals surface area contributed by atoms with Crippen molar-refractivity contribution in [3.05, 3.63) is 22.7 Å². The molecule has 0 bridgehead atoms. The molecule has 0 spiro atoms. The summed E-state index contributed by atoms with van der Waals surface area (Å²) < 4.78 is 0. The van der Waals surface area contributed by atoms with E-state index < -0.39 is 0 Å². The standard InChI is InChI=1S/C11H14ClNS/c1-3-8-6-14-10-5-7(2)4-9(12)11(10)13-8/h4-5,8,13H,3,6H2,1-2H3. The maximum absolute atomic E-state index is 6.19. The number of aryl methyl sites for hydroxylation is 1. The van der Waals surface area contributed by atoms with Gasteiger partial charge in [-0.25, -0.2) is 0 Å². The summed E-state index contributed by atoms with van der Waals surface area (Å²) in [6.45, 7) is 4.28. The molecular weight excluding hydrogens is 214 g/mol. The molecule has 0 aliphatic carbocycles.